The number of alkyl halides is 1. The van der Waals surface area contributed by atoms with Crippen molar-refractivity contribution < 1.29 is 9.50 Å². The maximum Gasteiger partial charge on any atom is 0.113 e. The lowest BCUT2D eigenvalue weighted by Crippen LogP contribution is -2.45. The highest BCUT2D eigenvalue weighted by Gasteiger charge is 2.29. The van der Waals surface area contributed by atoms with E-state index in [1.165, 1.54) is 6.08 Å². The number of allylic oxidation sites excluding steroid dienone is 3. The van der Waals surface area contributed by atoms with E-state index in [2.05, 4.69) is 0 Å². The summed E-state index contributed by atoms with van der Waals surface area (Å²) in [7, 11) is 0. The average molecular weight is 311 g/mol. The highest BCUT2D eigenvalue weighted by molar-refractivity contribution is 14.1. The summed E-state index contributed by atoms with van der Waals surface area (Å²) < 4.78 is 12.9. The van der Waals surface area contributed by atoms with E-state index in [0.29, 0.717) is 6.42 Å². The SMILES string of the molecule is CC(C)(O)[C@H](N)C1=CC=C(F)[C@@H](I)C1. The quantitative estimate of drug-likeness (QED) is 0.606. The van der Waals surface area contributed by atoms with Gasteiger partial charge in [-0.15, -0.1) is 0 Å². The lowest BCUT2D eigenvalue weighted by atomic mass is 9.88. The van der Waals surface area contributed by atoms with Crippen LogP contribution in [-0.4, -0.2) is 20.7 Å². The maximum absolute atomic E-state index is 13.0. The Morgan fingerprint density at radius 1 is 1.64 bits per heavy atom. The standard InChI is InChI=1S/C10H15FINO/c1-10(2,14)9(13)6-3-4-7(11)8(12)5-6/h3-4,8-9,14H,5,13H2,1-2H3/t8-,9+/m0/s1. The van der Waals surface area contributed by atoms with Crippen molar-refractivity contribution in [1.29, 1.82) is 0 Å². The topological polar surface area (TPSA) is 46.2 Å². The van der Waals surface area contributed by atoms with E-state index in [4.69, 9.17) is 5.73 Å². The van der Waals surface area contributed by atoms with Crippen molar-refractivity contribution in [3.05, 3.63) is 23.6 Å². The highest BCUT2D eigenvalue weighted by atomic mass is 127. The zero-order chi connectivity index (χ0) is 10.9. The third kappa shape index (κ3) is 2.77. The number of halogens is 2. The third-order valence-corrected chi connectivity index (χ3v) is 3.37. The Hall–Kier alpha value is 0.0600. The minimum Gasteiger partial charge on any atom is -0.389 e. The highest BCUT2D eigenvalue weighted by Crippen LogP contribution is 2.30. The summed E-state index contributed by atoms with van der Waals surface area (Å²) in [6, 6.07) is -0.427. The normalized spacial score (nSPS) is 25.4. The summed E-state index contributed by atoms with van der Waals surface area (Å²) in [5.74, 6) is -0.128. The van der Waals surface area contributed by atoms with Gasteiger partial charge in [0.25, 0.3) is 0 Å². The summed E-state index contributed by atoms with van der Waals surface area (Å²) >= 11 is 2.04. The summed E-state index contributed by atoms with van der Waals surface area (Å²) in [4.78, 5) is 0. The Morgan fingerprint density at radius 2 is 2.21 bits per heavy atom. The molecule has 0 spiro atoms. The van der Waals surface area contributed by atoms with Gasteiger partial charge in [0.2, 0.25) is 0 Å². The van der Waals surface area contributed by atoms with E-state index in [1.54, 1.807) is 19.9 Å². The van der Waals surface area contributed by atoms with Crippen LogP contribution in [0.4, 0.5) is 4.39 Å². The van der Waals surface area contributed by atoms with Gasteiger partial charge >= 0.3 is 0 Å². The molecule has 1 aliphatic carbocycles. The monoisotopic (exact) mass is 311 g/mol. The molecular formula is C10H15FINO. The third-order valence-electron chi connectivity index (χ3n) is 2.33. The first kappa shape index (κ1) is 12.1. The zero-order valence-corrected chi connectivity index (χ0v) is 10.5. The molecule has 2 nitrogen and oxygen atoms in total. The first-order chi connectivity index (χ1) is 6.32. The van der Waals surface area contributed by atoms with E-state index in [9.17, 15) is 9.50 Å². The largest absolute Gasteiger partial charge is 0.389 e. The summed E-state index contributed by atoms with van der Waals surface area (Å²) in [6.45, 7) is 3.32. The Balaban J connectivity index is 2.82. The molecule has 0 aromatic carbocycles. The van der Waals surface area contributed by atoms with Crippen LogP contribution in [0, 0.1) is 0 Å². The number of aliphatic hydroxyl groups is 1. The maximum atomic E-state index is 13.0. The zero-order valence-electron chi connectivity index (χ0n) is 8.30. The molecule has 0 saturated carbocycles. The fourth-order valence-electron chi connectivity index (χ4n) is 1.35. The first-order valence-corrected chi connectivity index (χ1v) is 5.75. The first-order valence-electron chi connectivity index (χ1n) is 4.50. The molecule has 4 heteroatoms. The van der Waals surface area contributed by atoms with Gasteiger partial charge in [-0.1, -0.05) is 28.7 Å². The van der Waals surface area contributed by atoms with Crippen molar-refractivity contribution in [3.63, 3.8) is 0 Å². The molecule has 0 bridgehead atoms. The second-order valence-electron chi connectivity index (χ2n) is 4.10. The molecule has 0 aromatic heterocycles. The number of hydrogen-bond acceptors (Lipinski definition) is 2. The van der Waals surface area contributed by atoms with Crippen molar-refractivity contribution >= 4 is 22.6 Å². The minimum absolute atomic E-state index is 0.128. The van der Waals surface area contributed by atoms with Gasteiger partial charge in [-0.05, 0) is 31.9 Å². The van der Waals surface area contributed by atoms with Crippen LogP contribution in [0.1, 0.15) is 20.3 Å². The molecule has 0 saturated heterocycles. The Morgan fingerprint density at radius 3 is 2.64 bits per heavy atom. The molecule has 80 valence electrons. The van der Waals surface area contributed by atoms with Crippen LogP contribution < -0.4 is 5.73 Å². The van der Waals surface area contributed by atoms with Gasteiger partial charge in [-0.3, -0.25) is 0 Å². The van der Waals surface area contributed by atoms with Crippen molar-refractivity contribution in [2.75, 3.05) is 0 Å². The van der Waals surface area contributed by atoms with Gasteiger partial charge in [0, 0.05) is 0 Å². The van der Waals surface area contributed by atoms with E-state index in [1.807, 2.05) is 22.6 Å². The van der Waals surface area contributed by atoms with Gasteiger partial charge in [-0.25, -0.2) is 4.39 Å². The molecule has 14 heavy (non-hydrogen) atoms. The smallest absolute Gasteiger partial charge is 0.113 e. The predicted octanol–water partition coefficient (Wildman–Crippen LogP) is 2.07. The molecule has 2 atom stereocenters. The van der Waals surface area contributed by atoms with Crippen LogP contribution in [0.25, 0.3) is 0 Å². The van der Waals surface area contributed by atoms with Crippen molar-refractivity contribution in [2.24, 2.45) is 5.73 Å². The average Bonchev–Trinajstić information content (AvgIpc) is 2.07. The second-order valence-corrected chi connectivity index (χ2v) is 5.60. The lowest BCUT2D eigenvalue weighted by Gasteiger charge is -2.30. The van der Waals surface area contributed by atoms with E-state index in [0.717, 1.165) is 5.57 Å². The van der Waals surface area contributed by atoms with Gasteiger partial charge < -0.3 is 10.8 Å². The summed E-state index contributed by atoms with van der Waals surface area (Å²) in [5, 5.41) is 9.71. The Kier molecular flexibility index (Phi) is 3.71. The molecule has 0 aliphatic heterocycles. The molecule has 0 aromatic rings. The molecule has 0 radical (unpaired) electrons. The Bertz CT molecular complexity index is 280. The fraction of sp³-hybridized carbons (Fsp3) is 0.600. The van der Waals surface area contributed by atoms with Crippen LogP contribution in [0.15, 0.2) is 23.6 Å². The van der Waals surface area contributed by atoms with Crippen LogP contribution in [0.2, 0.25) is 0 Å². The molecule has 1 aliphatic rings. The number of rotatable bonds is 2. The molecule has 1 rings (SSSR count). The predicted molar refractivity (Wildman–Crippen MR) is 64.0 cm³/mol. The molecule has 0 amide bonds. The van der Waals surface area contributed by atoms with E-state index >= 15 is 0 Å². The van der Waals surface area contributed by atoms with Crippen LogP contribution in [-0.2, 0) is 0 Å². The van der Waals surface area contributed by atoms with Crippen LogP contribution >= 0.6 is 22.6 Å². The van der Waals surface area contributed by atoms with Crippen molar-refractivity contribution in [3.8, 4) is 0 Å². The lowest BCUT2D eigenvalue weighted by molar-refractivity contribution is 0.0625. The van der Waals surface area contributed by atoms with Crippen molar-refractivity contribution in [2.45, 2.75) is 35.8 Å². The van der Waals surface area contributed by atoms with Gasteiger partial charge in [0.1, 0.15) is 5.83 Å². The van der Waals surface area contributed by atoms with Gasteiger partial charge in [0.05, 0.1) is 15.6 Å². The second kappa shape index (κ2) is 4.28. The summed E-state index contributed by atoms with van der Waals surface area (Å²) in [6.07, 6.45) is 3.68. The molecule has 0 heterocycles. The fourth-order valence-corrected chi connectivity index (χ4v) is 2.06. The molecular weight excluding hydrogens is 296 g/mol. The Labute approximate surface area is 97.2 Å². The number of hydrogen-bond donors (Lipinski definition) is 2. The van der Waals surface area contributed by atoms with Gasteiger partial charge in [-0.2, -0.15) is 0 Å². The molecule has 0 unspecified atom stereocenters. The van der Waals surface area contributed by atoms with Crippen LogP contribution in [0.5, 0.6) is 0 Å². The number of nitrogens with two attached hydrogens (primary N) is 1. The molecule has 0 fully saturated rings. The minimum atomic E-state index is -0.955. The molecule has 3 N–H and O–H groups in total. The van der Waals surface area contributed by atoms with E-state index < -0.39 is 11.6 Å². The van der Waals surface area contributed by atoms with Crippen LogP contribution in [0.3, 0.4) is 0 Å². The van der Waals surface area contributed by atoms with E-state index in [-0.39, 0.29) is 9.75 Å². The van der Waals surface area contributed by atoms with Crippen molar-refractivity contribution in [1.82, 2.24) is 0 Å². The summed E-state index contributed by atoms with van der Waals surface area (Å²) in [5.41, 5.74) is 5.81. The van der Waals surface area contributed by atoms with Gasteiger partial charge in [0.15, 0.2) is 0 Å².